The molecule has 1 atom stereocenters. The zero-order valence-electron chi connectivity index (χ0n) is 18.0. The number of imidazole rings is 1. The van der Waals surface area contributed by atoms with Crippen molar-refractivity contribution in [3.8, 4) is 0 Å². The van der Waals surface area contributed by atoms with Crippen LogP contribution in [-0.4, -0.2) is 38.9 Å². The summed E-state index contributed by atoms with van der Waals surface area (Å²) in [4.78, 5) is 15.4. The third kappa shape index (κ3) is 4.23. The minimum atomic E-state index is -5.06. The highest BCUT2D eigenvalue weighted by Crippen LogP contribution is 2.44. The second-order valence-electron chi connectivity index (χ2n) is 7.73. The second kappa shape index (κ2) is 8.68. The number of aromatic nitrogens is 4. The van der Waals surface area contributed by atoms with Gasteiger partial charge in [0.25, 0.3) is 0 Å². The van der Waals surface area contributed by atoms with E-state index in [-0.39, 0.29) is 16.1 Å². The zero-order valence-corrected chi connectivity index (χ0v) is 18.8. The summed E-state index contributed by atoms with van der Waals surface area (Å²) in [7, 11) is 0. The maximum Gasteiger partial charge on any atom is 0.419 e. The Morgan fingerprint density at radius 1 is 1.09 bits per heavy atom. The fourth-order valence-electron chi connectivity index (χ4n) is 4.31. The number of halogens is 6. The number of fused-ring (bicyclic) bond motifs is 3. The van der Waals surface area contributed by atoms with E-state index in [0.29, 0.717) is 54.8 Å². The Bertz CT molecular complexity index is 1170. The molecule has 0 fully saturated rings. The molecule has 6 nitrogen and oxygen atoms in total. The van der Waals surface area contributed by atoms with Crippen LogP contribution in [0.1, 0.15) is 42.2 Å². The van der Waals surface area contributed by atoms with Crippen molar-refractivity contribution in [2.45, 2.75) is 59.0 Å². The monoisotopic (exact) mass is 489 g/mol. The highest BCUT2D eigenvalue weighted by molar-refractivity contribution is 6.35. The molecule has 0 spiro atoms. The van der Waals surface area contributed by atoms with E-state index in [4.69, 9.17) is 11.6 Å². The summed E-state index contributed by atoms with van der Waals surface area (Å²) in [5, 5.41) is 0.111. The lowest BCUT2D eigenvalue weighted by Crippen LogP contribution is -2.30. The predicted molar refractivity (Wildman–Crippen MR) is 113 cm³/mol. The van der Waals surface area contributed by atoms with Gasteiger partial charge in [0.2, 0.25) is 5.95 Å². The summed E-state index contributed by atoms with van der Waals surface area (Å²) in [6, 6.07) is 2.28. The molecule has 3 heterocycles. The molecule has 4 rings (SSSR count). The number of hydrogen-bond acceptors (Lipinski definition) is 5. The number of anilines is 2. The number of aryl methyl sites for hydroxylation is 4. The quantitative estimate of drug-likeness (QED) is 0.409. The summed E-state index contributed by atoms with van der Waals surface area (Å²) in [6.45, 7) is 2.86. The maximum absolute atomic E-state index is 13.7. The third-order valence-electron chi connectivity index (χ3n) is 5.54. The maximum atomic E-state index is 13.7. The Kier molecular flexibility index (Phi) is 6.21. The van der Waals surface area contributed by atoms with Gasteiger partial charge in [-0.1, -0.05) is 24.6 Å². The molecule has 0 saturated carbocycles. The Morgan fingerprint density at radius 2 is 1.76 bits per heavy atom. The Hall–Kier alpha value is -2.53. The first-order chi connectivity index (χ1) is 15.5. The molecule has 2 aromatic heterocycles. The number of alkyl halides is 5. The van der Waals surface area contributed by atoms with Gasteiger partial charge in [0.05, 0.1) is 27.6 Å². The van der Waals surface area contributed by atoms with E-state index >= 15 is 0 Å². The van der Waals surface area contributed by atoms with E-state index in [1.54, 1.807) is 4.57 Å². The molecule has 0 amide bonds. The zero-order chi connectivity index (χ0) is 24.1. The standard InChI is InChI=1S/C21H21ClF5N5O/c1-4-14-28-10(2)16(11(3)29-14)31-8-5-9-32-17-12(18(21(25,26)27)33-19(23)24)6-7-13(22)15(17)30-20(31)32/h6-7,18-19H,4-5,8-9H2,1-3H3. The largest absolute Gasteiger partial charge is 0.419 e. The minimum Gasteiger partial charge on any atom is -0.309 e. The van der Waals surface area contributed by atoms with Crippen molar-refractivity contribution in [2.24, 2.45) is 0 Å². The van der Waals surface area contributed by atoms with E-state index in [2.05, 4.69) is 19.7 Å². The van der Waals surface area contributed by atoms with E-state index in [1.165, 1.54) is 6.07 Å². The average Bonchev–Trinajstić information content (AvgIpc) is 3.13. The van der Waals surface area contributed by atoms with Gasteiger partial charge in [0, 0.05) is 25.1 Å². The van der Waals surface area contributed by atoms with E-state index in [9.17, 15) is 22.0 Å². The molecule has 33 heavy (non-hydrogen) atoms. The van der Waals surface area contributed by atoms with Gasteiger partial charge in [0.1, 0.15) is 11.3 Å². The number of nitrogens with zero attached hydrogens (tertiary/aromatic N) is 5. The van der Waals surface area contributed by atoms with Crippen molar-refractivity contribution in [1.29, 1.82) is 0 Å². The smallest absolute Gasteiger partial charge is 0.309 e. The van der Waals surface area contributed by atoms with Crippen LogP contribution in [0.3, 0.4) is 0 Å². The molecule has 1 aromatic carbocycles. The first-order valence-electron chi connectivity index (χ1n) is 10.3. The van der Waals surface area contributed by atoms with Crippen LogP contribution in [0.4, 0.5) is 33.6 Å². The van der Waals surface area contributed by atoms with Crippen LogP contribution < -0.4 is 4.90 Å². The lowest BCUT2D eigenvalue weighted by atomic mass is 10.1. The van der Waals surface area contributed by atoms with Gasteiger partial charge in [-0.2, -0.15) is 22.0 Å². The number of rotatable bonds is 5. The molecular weight excluding hydrogens is 469 g/mol. The molecule has 3 aromatic rings. The van der Waals surface area contributed by atoms with Gasteiger partial charge < -0.3 is 14.2 Å². The molecule has 1 aliphatic rings. The summed E-state index contributed by atoms with van der Waals surface area (Å²) in [5.41, 5.74) is 1.77. The van der Waals surface area contributed by atoms with Crippen LogP contribution in [0.2, 0.25) is 5.02 Å². The van der Waals surface area contributed by atoms with Gasteiger partial charge in [-0.05, 0) is 26.3 Å². The average molecular weight is 490 g/mol. The molecule has 1 aliphatic heterocycles. The lowest BCUT2D eigenvalue weighted by Gasteiger charge is -2.31. The molecule has 0 radical (unpaired) electrons. The van der Waals surface area contributed by atoms with Gasteiger partial charge in [-0.3, -0.25) is 0 Å². The van der Waals surface area contributed by atoms with Crippen molar-refractivity contribution < 1.29 is 26.7 Å². The van der Waals surface area contributed by atoms with Crippen molar-refractivity contribution >= 4 is 34.3 Å². The van der Waals surface area contributed by atoms with Gasteiger partial charge in [-0.15, -0.1) is 0 Å². The van der Waals surface area contributed by atoms with Crippen LogP contribution in [0.25, 0.3) is 11.0 Å². The highest BCUT2D eigenvalue weighted by Gasteiger charge is 2.45. The number of benzene rings is 1. The van der Waals surface area contributed by atoms with Crippen LogP contribution in [0, 0.1) is 13.8 Å². The first-order valence-corrected chi connectivity index (χ1v) is 10.7. The van der Waals surface area contributed by atoms with Gasteiger partial charge >= 0.3 is 12.8 Å². The van der Waals surface area contributed by atoms with Crippen LogP contribution in [-0.2, 0) is 17.7 Å². The molecule has 0 bridgehead atoms. The Labute approximate surface area is 191 Å². The number of hydrogen-bond donors (Lipinski definition) is 0. The van der Waals surface area contributed by atoms with Gasteiger partial charge in [-0.25, -0.2) is 15.0 Å². The van der Waals surface area contributed by atoms with Crippen molar-refractivity contribution in [3.63, 3.8) is 0 Å². The fraction of sp³-hybridized carbons (Fsp3) is 0.476. The van der Waals surface area contributed by atoms with Crippen LogP contribution >= 0.6 is 11.6 Å². The van der Waals surface area contributed by atoms with Crippen molar-refractivity contribution in [3.05, 3.63) is 39.9 Å². The molecule has 0 aliphatic carbocycles. The lowest BCUT2D eigenvalue weighted by molar-refractivity contribution is -0.276. The van der Waals surface area contributed by atoms with Crippen LogP contribution in [0.5, 0.6) is 0 Å². The minimum absolute atomic E-state index is 0.0200. The molecule has 12 heteroatoms. The Morgan fingerprint density at radius 3 is 2.33 bits per heavy atom. The molecule has 0 saturated heterocycles. The van der Waals surface area contributed by atoms with Crippen LogP contribution in [0.15, 0.2) is 12.1 Å². The van der Waals surface area contributed by atoms with E-state index in [1.807, 2.05) is 25.7 Å². The summed E-state index contributed by atoms with van der Waals surface area (Å²) in [5.74, 6) is 1.03. The highest BCUT2D eigenvalue weighted by atomic mass is 35.5. The fourth-order valence-corrected chi connectivity index (χ4v) is 4.50. The summed E-state index contributed by atoms with van der Waals surface area (Å²) < 4.78 is 72.5. The summed E-state index contributed by atoms with van der Waals surface area (Å²) in [6.07, 6.45) is -6.66. The SMILES string of the molecule is CCc1nc(C)c(N2CCCn3c2nc2c(Cl)ccc(C(OC(F)F)C(F)(F)F)c23)c(C)n1. The Balaban J connectivity index is 1.94. The van der Waals surface area contributed by atoms with E-state index < -0.39 is 24.5 Å². The van der Waals surface area contributed by atoms with Crippen molar-refractivity contribution in [1.82, 2.24) is 19.5 Å². The molecule has 178 valence electrons. The summed E-state index contributed by atoms with van der Waals surface area (Å²) >= 11 is 6.28. The van der Waals surface area contributed by atoms with Crippen molar-refractivity contribution in [2.75, 3.05) is 11.4 Å². The first kappa shape index (κ1) is 23.6. The molecular formula is C21H21ClF5N5O. The normalized spacial score (nSPS) is 15.4. The second-order valence-corrected chi connectivity index (χ2v) is 8.14. The van der Waals surface area contributed by atoms with Gasteiger partial charge in [0.15, 0.2) is 6.10 Å². The van der Waals surface area contributed by atoms with E-state index in [0.717, 1.165) is 6.07 Å². The predicted octanol–water partition coefficient (Wildman–Crippen LogP) is 6.04. The topological polar surface area (TPSA) is 56.1 Å². The number of ether oxygens (including phenoxy) is 1. The third-order valence-corrected chi connectivity index (χ3v) is 5.85. The molecule has 1 unspecified atom stereocenters. The molecule has 0 N–H and O–H groups in total.